The molecule has 0 amide bonds. The first-order chi connectivity index (χ1) is 8.66. The van der Waals surface area contributed by atoms with Crippen molar-refractivity contribution in [3.05, 3.63) is 18.2 Å². The molecule has 1 saturated heterocycles. The summed E-state index contributed by atoms with van der Waals surface area (Å²) in [4.78, 5) is 1.34. The Kier molecular flexibility index (Phi) is 3.19. The molecule has 0 saturated carbocycles. The number of nitrogen functional groups attached to an aromatic ring is 1. The van der Waals surface area contributed by atoms with Crippen molar-refractivity contribution in [2.75, 3.05) is 23.7 Å². The summed E-state index contributed by atoms with van der Waals surface area (Å²) in [6.07, 6.45) is -5.11. The van der Waals surface area contributed by atoms with Crippen molar-refractivity contribution in [2.24, 2.45) is 0 Å². The maximum Gasteiger partial charge on any atom is 0.573 e. The Labute approximate surface area is 105 Å². The molecule has 0 radical (unpaired) electrons. The first-order valence-corrected chi connectivity index (χ1v) is 5.44. The fraction of sp³-hybridized carbons (Fsp3) is 0.455. The molecule has 1 aromatic carbocycles. The van der Waals surface area contributed by atoms with Crippen LogP contribution in [-0.4, -0.2) is 25.4 Å². The number of anilines is 2. The quantitative estimate of drug-likeness (QED) is 0.669. The molecule has 0 aliphatic carbocycles. The minimum Gasteiger partial charge on any atom is -0.406 e. The van der Waals surface area contributed by atoms with Gasteiger partial charge in [0.25, 0.3) is 5.92 Å². The van der Waals surface area contributed by atoms with Crippen LogP contribution in [0.3, 0.4) is 0 Å². The van der Waals surface area contributed by atoms with E-state index in [4.69, 9.17) is 5.73 Å². The van der Waals surface area contributed by atoms with E-state index in [2.05, 4.69) is 4.74 Å². The van der Waals surface area contributed by atoms with Gasteiger partial charge in [0.2, 0.25) is 0 Å². The number of nitrogens with two attached hydrogens (primary N) is 1. The topological polar surface area (TPSA) is 38.5 Å². The Morgan fingerprint density at radius 2 is 1.95 bits per heavy atom. The van der Waals surface area contributed by atoms with Crippen LogP contribution in [0.15, 0.2) is 18.2 Å². The summed E-state index contributed by atoms with van der Waals surface area (Å²) in [5.74, 6) is -3.27. The Morgan fingerprint density at radius 1 is 1.26 bits per heavy atom. The predicted molar refractivity (Wildman–Crippen MR) is 59.3 cm³/mol. The second-order valence-corrected chi connectivity index (χ2v) is 4.30. The Bertz CT molecular complexity index is 475. The van der Waals surface area contributed by atoms with Crippen molar-refractivity contribution in [2.45, 2.75) is 18.7 Å². The highest BCUT2D eigenvalue weighted by Gasteiger charge is 2.39. The van der Waals surface area contributed by atoms with Gasteiger partial charge >= 0.3 is 6.36 Å². The highest BCUT2D eigenvalue weighted by molar-refractivity contribution is 5.70. The minimum atomic E-state index is -4.81. The van der Waals surface area contributed by atoms with Gasteiger partial charge in [-0.05, 0) is 12.1 Å². The zero-order valence-electron chi connectivity index (χ0n) is 9.68. The van der Waals surface area contributed by atoms with Crippen molar-refractivity contribution in [1.29, 1.82) is 0 Å². The number of halogens is 5. The molecule has 1 aromatic rings. The van der Waals surface area contributed by atoms with Crippen molar-refractivity contribution in [3.63, 3.8) is 0 Å². The molecule has 3 nitrogen and oxygen atoms in total. The Hall–Kier alpha value is -1.73. The van der Waals surface area contributed by atoms with E-state index in [1.165, 1.54) is 11.0 Å². The molecule has 2 N–H and O–H groups in total. The summed E-state index contributed by atoms with van der Waals surface area (Å²) in [6.45, 7) is -0.382. The van der Waals surface area contributed by atoms with E-state index in [1.54, 1.807) is 0 Å². The summed E-state index contributed by atoms with van der Waals surface area (Å²) in [6, 6.07) is 3.27. The first-order valence-electron chi connectivity index (χ1n) is 5.44. The van der Waals surface area contributed by atoms with E-state index in [-0.39, 0.29) is 24.3 Å². The second kappa shape index (κ2) is 4.43. The fourth-order valence-corrected chi connectivity index (χ4v) is 1.96. The molecular formula is C11H11F5N2O. The van der Waals surface area contributed by atoms with Gasteiger partial charge in [0.1, 0.15) is 5.75 Å². The minimum absolute atomic E-state index is 0.0283. The molecule has 1 aliphatic rings. The zero-order chi connectivity index (χ0) is 14.3. The lowest BCUT2D eigenvalue weighted by Crippen LogP contribution is -2.25. The Balaban J connectivity index is 2.16. The van der Waals surface area contributed by atoms with E-state index in [9.17, 15) is 22.0 Å². The molecule has 2 rings (SSSR count). The van der Waals surface area contributed by atoms with Gasteiger partial charge in [-0.1, -0.05) is 0 Å². The summed E-state index contributed by atoms with van der Waals surface area (Å²) in [5, 5.41) is 0. The smallest absolute Gasteiger partial charge is 0.406 e. The van der Waals surface area contributed by atoms with Crippen LogP contribution in [-0.2, 0) is 0 Å². The molecule has 0 bridgehead atoms. The van der Waals surface area contributed by atoms with Crippen molar-refractivity contribution < 1.29 is 26.7 Å². The average molecular weight is 282 g/mol. The normalized spacial score (nSPS) is 18.7. The van der Waals surface area contributed by atoms with Crippen LogP contribution in [0.1, 0.15) is 6.42 Å². The van der Waals surface area contributed by atoms with Crippen LogP contribution in [0.25, 0.3) is 0 Å². The van der Waals surface area contributed by atoms with Gasteiger partial charge in [0.15, 0.2) is 0 Å². The molecule has 1 fully saturated rings. The highest BCUT2D eigenvalue weighted by atomic mass is 19.4. The summed E-state index contributed by atoms with van der Waals surface area (Å²) in [7, 11) is 0. The maximum atomic E-state index is 13.1. The van der Waals surface area contributed by atoms with E-state index >= 15 is 0 Å². The molecule has 0 spiro atoms. The van der Waals surface area contributed by atoms with E-state index in [1.807, 2.05) is 0 Å². The third kappa shape index (κ3) is 3.39. The lowest BCUT2D eigenvalue weighted by atomic mass is 10.2. The molecule has 0 aromatic heterocycles. The summed E-state index contributed by atoms with van der Waals surface area (Å²) >= 11 is 0. The molecule has 0 unspecified atom stereocenters. The third-order valence-corrected chi connectivity index (χ3v) is 2.74. The van der Waals surface area contributed by atoms with Gasteiger partial charge in [-0.3, -0.25) is 0 Å². The van der Waals surface area contributed by atoms with Gasteiger partial charge in [0.05, 0.1) is 17.9 Å². The monoisotopic (exact) mass is 282 g/mol. The molecule has 19 heavy (non-hydrogen) atoms. The largest absolute Gasteiger partial charge is 0.573 e. The number of alkyl halides is 5. The van der Waals surface area contributed by atoms with Gasteiger partial charge < -0.3 is 15.4 Å². The van der Waals surface area contributed by atoms with Gasteiger partial charge in [-0.15, -0.1) is 13.2 Å². The van der Waals surface area contributed by atoms with E-state index in [0.29, 0.717) is 0 Å². The first kappa shape index (κ1) is 13.7. The van der Waals surface area contributed by atoms with Crippen molar-refractivity contribution in [3.8, 4) is 5.75 Å². The molecule has 8 heteroatoms. The lowest BCUT2D eigenvalue weighted by Gasteiger charge is -2.20. The van der Waals surface area contributed by atoms with Crippen LogP contribution < -0.4 is 15.4 Å². The number of benzene rings is 1. The van der Waals surface area contributed by atoms with Crippen molar-refractivity contribution in [1.82, 2.24) is 0 Å². The van der Waals surface area contributed by atoms with Gasteiger partial charge in [0, 0.05) is 19.0 Å². The summed E-state index contributed by atoms with van der Waals surface area (Å²) in [5.41, 5.74) is 5.83. The third-order valence-electron chi connectivity index (χ3n) is 2.74. The van der Waals surface area contributed by atoms with Crippen LogP contribution in [0.2, 0.25) is 0 Å². The number of ether oxygens (including phenoxy) is 1. The zero-order valence-corrected chi connectivity index (χ0v) is 9.68. The molecule has 1 heterocycles. The summed E-state index contributed by atoms with van der Waals surface area (Å²) < 4.78 is 65.8. The van der Waals surface area contributed by atoms with E-state index in [0.717, 1.165) is 12.1 Å². The molecule has 0 atom stereocenters. The predicted octanol–water partition coefficient (Wildman–Crippen LogP) is 3.01. The number of hydrogen-bond donors (Lipinski definition) is 1. The molecule has 1 aliphatic heterocycles. The lowest BCUT2D eigenvalue weighted by molar-refractivity contribution is -0.274. The van der Waals surface area contributed by atoms with Crippen LogP contribution in [0, 0.1) is 0 Å². The molecular weight excluding hydrogens is 271 g/mol. The van der Waals surface area contributed by atoms with Crippen LogP contribution in [0.5, 0.6) is 5.75 Å². The SMILES string of the molecule is Nc1cc(OC(F)(F)F)ccc1N1CCC(F)(F)C1. The number of hydrogen-bond acceptors (Lipinski definition) is 3. The number of nitrogens with zero attached hydrogens (tertiary/aromatic N) is 1. The highest BCUT2D eigenvalue weighted by Crippen LogP contribution is 2.36. The number of rotatable bonds is 2. The fourth-order valence-electron chi connectivity index (χ4n) is 1.96. The van der Waals surface area contributed by atoms with E-state index < -0.39 is 24.6 Å². The van der Waals surface area contributed by atoms with Crippen LogP contribution >= 0.6 is 0 Å². The van der Waals surface area contributed by atoms with Crippen molar-refractivity contribution >= 4 is 11.4 Å². The van der Waals surface area contributed by atoms with Gasteiger partial charge in [-0.2, -0.15) is 0 Å². The Morgan fingerprint density at radius 3 is 2.42 bits per heavy atom. The molecule has 106 valence electrons. The average Bonchev–Trinajstić information content (AvgIpc) is 2.56. The second-order valence-electron chi connectivity index (χ2n) is 4.30. The van der Waals surface area contributed by atoms with Gasteiger partial charge in [-0.25, -0.2) is 8.78 Å². The maximum absolute atomic E-state index is 13.1. The van der Waals surface area contributed by atoms with Crippen LogP contribution in [0.4, 0.5) is 33.3 Å². The standard InChI is InChI=1S/C11H11F5N2O/c12-10(13)3-4-18(6-10)9-2-1-7(5-8(9)17)19-11(14,15)16/h1-2,5H,3-4,6,17H2.